The minimum Gasteiger partial charge on any atom is -0.506 e. The van der Waals surface area contributed by atoms with Crippen LogP contribution in [0.1, 0.15) is 17.0 Å². The topological polar surface area (TPSA) is 104 Å². The van der Waals surface area contributed by atoms with Crippen molar-refractivity contribution in [2.45, 2.75) is 13.5 Å². The van der Waals surface area contributed by atoms with E-state index in [1.807, 2.05) is 12.1 Å². The summed E-state index contributed by atoms with van der Waals surface area (Å²) in [5.41, 5.74) is 1.69. The molecule has 3 N–H and O–H groups in total. The highest BCUT2D eigenvalue weighted by Crippen LogP contribution is 2.53. The summed E-state index contributed by atoms with van der Waals surface area (Å²) in [4.78, 5) is 9.43. The van der Waals surface area contributed by atoms with E-state index in [9.17, 15) is 15.0 Å². The summed E-state index contributed by atoms with van der Waals surface area (Å²) in [6.45, 7) is 0. The molecule has 2 aromatic heterocycles. The van der Waals surface area contributed by atoms with Crippen molar-refractivity contribution >= 4 is 247 Å². The first-order valence-electron chi connectivity index (χ1n) is 15.0. The summed E-state index contributed by atoms with van der Waals surface area (Å²) in [5.74, 6) is -0.976. The van der Waals surface area contributed by atoms with E-state index in [0.717, 1.165) is 29.6 Å². The second-order valence-corrected chi connectivity index (χ2v) is 22.6. The van der Waals surface area contributed by atoms with Crippen LogP contribution in [0, 0.1) is 0 Å². The number of alkyl halides is 6. The molecule has 0 aliphatic rings. The Morgan fingerprint density at radius 3 is 1.24 bits per heavy atom. The predicted molar refractivity (Wildman–Crippen MR) is 260 cm³/mol. The molecular weight excluding hydrogens is 1320 g/mol. The largest absolute Gasteiger partial charge is 0.506 e. The zero-order valence-electron chi connectivity index (χ0n) is 27.6. The number of hydrogen-bond acceptors (Lipinski definition) is 6. The van der Waals surface area contributed by atoms with Gasteiger partial charge >= 0.3 is 0 Å². The quantitative estimate of drug-likeness (QED) is 0.118. The Kier molecular flexibility index (Phi) is 18.5. The Morgan fingerprint density at radius 2 is 0.897 bits per heavy atom. The van der Waals surface area contributed by atoms with E-state index in [2.05, 4.69) is 79.6 Å². The van der Waals surface area contributed by atoms with Crippen molar-refractivity contribution in [3.63, 3.8) is 0 Å². The lowest BCUT2D eigenvalue weighted by atomic mass is 9.91. The zero-order valence-corrected chi connectivity index (χ0v) is 43.9. The SMILES string of the molecule is Clc1cc(Br)cc2c1oc1oc3c(Cl)cc(Br)cc3c12.O=CC(Cl)(Cl)Cl.Oc1c(Cl)cc(Br)cc1C(c1cc(Br)cc(Cl)c1O)C(Cl)(Cl)Cl.Oc1ccc(Br)cc1Cl. The summed E-state index contributed by atoms with van der Waals surface area (Å²) in [5, 5.41) is 33.7. The lowest BCUT2D eigenvalue weighted by molar-refractivity contribution is -0.107. The van der Waals surface area contributed by atoms with Gasteiger partial charge in [-0.15, -0.1) is 0 Å². The number of hydrogen-bond donors (Lipinski definition) is 3. The molecule has 2 heterocycles. The van der Waals surface area contributed by atoms with Gasteiger partial charge in [0.2, 0.25) is 7.59 Å². The Balaban J connectivity index is 0.000000192. The van der Waals surface area contributed by atoms with Crippen LogP contribution in [-0.2, 0) is 4.79 Å². The van der Waals surface area contributed by atoms with E-state index < -0.39 is 13.5 Å². The Morgan fingerprint density at radius 1 is 0.534 bits per heavy atom. The van der Waals surface area contributed by atoms with Crippen molar-refractivity contribution in [1.82, 2.24) is 0 Å². The molecule has 5 aromatic carbocycles. The summed E-state index contributed by atoms with van der Waals surface area (Å²) in [6.07, 6.45) is 0.234. The molecule has 58 heavy (non-hydrogen) atoms. The number of carbonyl (C=O) groups is 1. The van der Waals surface area contributed by atoms with Gasteiger partial charge in [-0.2, -0.15) is 0 Å². The fourth-order valence-electron chi connectivity index (χ4n) is 4.99. The van der Waals surface area contributed by atoms with E-state index >= 15 is 0 Å². The van der Waals surface area contributed by atoms with Gasteiger partial charge in [0.05, 0.1) is 36.4 Å². The van der Waals surface area contributed by atoms with Gasteiger partial charge in [-0.05, 0) is 66.7 Å². The molecule has 0 aliphatic heterocycles. The maximum atomic E-state index is 10.3. The van der Waals surface area contributed by atoms with E-state index in [4.69, 9.17) is 142 Å². The molecular formula is C36H16Br5Cl11O6. The molecule has 0 saturated carbocycles. The third-order valence-corrected chi connectivity index (χ3v) is 11.9. The van der Waals surface area contributed by atoms with Gasteiger partial charge in [0, 0.05) is 44.3 Å². The molecule has 0 radical (unpaired) electrons. The average Bonchev–Trinajstić information content (AvgIpc) is 3.65. The van der Waals surface area contributed by atoms with Crippen molar-refractivity contribution in [3.05, 3.63) is 125 Å². The number of aromatic hydroxyl groups is 3. The Bertz CT molecular complexity index is 2510. The maximum absolute atomic E-state index is 10.3. The normalized spacial score (nSPS) is 11.5. The number of furan rings is 2. The standard InChI is InChI=1S/C14H7Br2Cl5O2.C14H4Br2Cl2O2.C6H4BrClO.C2HCl3O/c15-5-1-7(12(22)9(17)3-5)11(14(19,20)21)8-2-6(16)4-10(18)13(8)23;15-5-1-7-11-8-2-6(16)4-10(18)13(8)20-14(11)19-12(7)9(17)3-5;7-4-1-2-6(9)5(8)3-4;3-2(4,5)1-6/h1-4,11,22-23H;1-4H;1-3,9H;1H. The van der Waals surface area contributed by atoms with Crippen LogP contribution in [0.4, 0.5) is 0 Å². The van der Waals surface area contributed by atoms with Gasteiger partial charge in [0.1, 0.15) is 17.2 Å². The lowest BCUT2D eigenvalue weighted by Crippen LogP contribution is -2.19. The number of rotatable bonds is 2. The zero-order chi connectivity index (χ0) is 43.6. The first kappa shape index (κ1) is 50.7. The number of phenols is 3. The Labute approximate surface area is 426 Å². The summed E-state index contributed by atoms with van der Waals surface area (Å²) >= 11 is 79.6. The first-order chi connectivity index (χ1) is 26.8. The molecule has 0 spiro atoms. The molecule has 0 fully saturated rings. The molecule has 0 bridgehead atoms. The van der Waals surface area contributed by atoms with Crippen molar-refractivity contribution < 1.29 is 28.9 Å². The van der Waals surface area contributed by atoms with Crippen LogP contribution in [-0.4, -0.2) is 29.2 Å². The van der Waals surface area contributed by atoms with E-state index in [-0.39, 0.29) is 44.7 Å². The molecule has 22 heteroatoms. The number of benzene rings is 5. The van der Waals surface area contributed by atoms with E-state index in [1.54, 1.807) is 36.4 Å². The van der Waals surface area contributed by atoms with Crippen molar-refractivity contribution in [2.75, 3.05) is 0 Å². The predicted octanol–water partition coefficient (Wildman–Crippen LogP) is 19.0. The third kappa shape index (κ3) is 13.1. The van der Waals surface area contributed by atoms with Gasteiger partial charge < -0.3 is 24.2 Å². The molecule has 6 nitrogen and oxygen atoms in total. The summed E-state index contributed by atoms with van der Waals surface area (Å²) < 4.78 is 11.6. The molecule has 0 unspecified atom stereocenters. The fourth-order valence-corrected chi connectivity index (χ4v) is 9.73. The van der Waals surface area contributed by atoms with Crippen LogP contribution in [0.25, 0.3) is 33.1 Å². The smallest absolute Gasteiger partial charge is 0.299 e. The van der Waals surface area contributed by atoms with Gasteiger partial charge in [0.25, 0.3) is 5.78 Å². The summed E-state index contributed by atoms with van der Waals surface area (Å²) in [7, 11) is 0. The number of carbonyl (C=O) groups excluding carboxylic acids is 1. The number of halogens is 16. The lowest BCUT2D eigenvalue weighted by Gasteiger charge is -2.27. The fraction of sp³-hybridized carbons (Fsp3) is 0.0833. The van der Waals surface area contributed by atoms with Crippen LogP contribution in [0.15, 0.2) is 97.9 Å². The molecule has 0 atom stereocenters. The highest BCUT2D eigenvalue weighted by molar-refractivity contribution is 9.11. The second-order valence-electron chi connectivity index (χ2n) is 11.3. The number of aldehydes is 1. The highest BCUT2D eigenvalue weighted by atomic mass is 79.9. The van der Waals surface area contributed by atoms with Crippen LogP contribution >= 0.6 is 207 Å². The molecule has 0 saturated heterocycles. The number of phenolic OH excluding ortho intramolecular Hbond substituents is 3. The monoisotopic (exact) mass is 1320 g/mol. The molecule has 7 aromatic rings. The third-order valence-electron chi connectivity index (χ3n) is 7.26. The second kappa shape index (κ2) is 21.2. The molecule has 7 rings (SSSR count). The average molecular weight is 1330 g/mol. The first-order valence-corrected chi connectivity index (χ1v) is 23.1. The van der Waals surface area contributed by atoms with Gasteiger partial charge in [-0.1, -0.05) is 207 Å². The minimum absolute atomic E-state index is 0.0780. The van der Waals surface area contributed by atoms with Gasteiger partial charge in [-0.25, -0.2) is 0 Å². The molecule has 0 amide bonds. The Hall–Kier alpha value is 0.1000. The molecule has 0 aliphatic carbocycles. The van der Waals surface area contributed by atoms with Crippen LogP contribution in [0.5, 0.6) is 17.2 Å². The van der Waals surface area contributed by atoms with E-state index in [0.29, 0.717) is 41.0 Å². The molecule has 308 valence electrons. The van der Waals surface area contributed by atoms with E-state index in [1.165, 1.54) is 18.2 Å². The van der Waals surface area contributed by atoms with Crippen molar-refractivity contribution in [1.29, 1.82) is 0 Å². The van der Waals surface area contributed by atoms with Gasteiger partial charge in [0.15, 0.2) is 17.5 Å². The van der Waals surface area contributed by atoms with Crippen molar-refractivity contribution in [3.8, 4) is 17.2 Å². The van der Waals surface area contributed by atoms with Crippen molar-refractivity contribution in [2.24, 2.45) is 0 Å². The van der Waals surface area contributed by atoms with Crippen LogP contribution < -0.4 is 0 Å². The highest BCUT2D eigenvalue weighted by Gasteiger charge is 2.40. The van der Waals surface area contributed by atoms with Crippen LogP contribution in [0.2, 0.25) is 25.1 Å². The van der Waals surface area contributed by atoms with Crippen LogP contribution in [0.3, 0.4) is 0 Å². The number of fused-ring (bicyclic) bond motifs is 5. The summed E-state index contributed by atoms with van der Waals surface area (Å²) in [6, 6.07) is 18.5. The minimum atomic E-state index is -1.89. The maximum Gasteiger partial charge on any atom is 0.299 e. The van der Waals surface area contributed by atoms with Gasteiger partial charge in [-0.3, -0.25) is 4.79 Å².